The van der Waals surface area contributed by atoms with Crippen molar-refractivity contribution < 1.29 is 0 Å². The van der Waals surface area contributed by atoms with Crippen LogP contribution in [-0.2, 0) is 0 Å². The van der Waals surface area contributed by atoms with Gasteiger partial charge in [-0.05, 0) is 23.7 Å². The van der Waals surface area contributed by atoms with E-state index in [0.717, 1.165) is 23.7 Å². The summed E-state index contributed by atoms with van der Waals surface area (Å²) in [7, 11) is 0. The Labute approximate surface area is 97.8 Å². The van der Waals surface area contributed by atoms with Crippen LogP contribution in [0.5, 0.6) is 0 Å². The van der Waals surface area contributed by atoms with E-state index in [1.807, 2.05) is 0 Å². The van der Waals surface area contributed by atoms with E-state index in [9.17, 15) is 0 Å². The summed E-state index contributed by atoms with van der Waals surface area (Å²) in [4.78, 5) is 0. The van der Waals surface area contributed by atoms with Crippen LogP contribution in [0, 0.1) is 23.7 Å². The number of rotatable bonds is 8. The lowest BCUT2D eigenvalue weighted by Crippen LogP contribution is -2.15. The standard InChI is InChI=1S/C15H32/c1-7-9-15(8-2)11-10-13(5)14(6)12(3)4/h12-15H,7-11H2,1-6H3. The summed E-state index contributed by atoms with van der Waals surface area (Å²) >= 11 is 0. The normalized spacial score (nSPS) is 17.8. The van der Waals surface area contributed by atoms with E-state index in [4.69, 9.17) is 0 Å². The van der Waals surface area contributed by atoms with Gasteiger partial charge in [-0.25, -0.2) is 0 Å². The van der Waals surface area contributed by atoms with Gasteiger partial charge in [0.1, 0.15) is 0 Å². The summed E-state index contributed by atoms with van der Waals surface area (Å²) in [5.74, 6) is 3.60. The van der Waals surface area contributed by atoms with Crippen molar-refractivity contribution >= 4 is 0 Å². The lowest BCUT2D eigenvalue weighted by atomic mass is 9.81. The third-order valence-corrected chi connectivity index (χ3v) is 4.25. The van der Waals surface area contributed by atoms with Gasteiger partial charge in [0, 0.05) is 0 Å². The van der Waals surface area contributed by atoms with Crippen molar-refractivity contribution in [2.45, 2.75) is 73.6 Å². The Balaban J connectivity index is 3.81. The molecule has 0 fully saturated rings. The highest BCUT2D eigenvalue weighted by Crippen LogP contribution is 2.27. The topological polar surface area (TPSA) is 0 Å². The molecule has 15 heavy (non-hydrogen) atoms. The minimum Gasteiger partial charge on any atom is -0.0654 e. The van der Waals surface area contributed by atoms with E-state index in [-0.39, 0.29) is 0 Å². The molecule has 0 heterocycles. The Bertz CT molecular complexity index is 137. The summed E-state index contributed by atoms with van der Waals surface area (Å²) in [5, 5.41) is 0. The molecular formula is C15H32. The van der Waals surface area contributed by atoms with E-state index >= 15 is 0 Å². The van der Waals surface area contributed by atoms with Crippen LogP contribution < -0.4 is 0 Å². The van der Waals surface area contributed by atoms with Crippen molar-refractivity contribution in [3.05, 3.63) is 0 Å². The molecule has 0 aromatic rings. The van der Waals surface area contributed by atoms with Gasteiger partial charge in [0.2, 0.25) is 0 Å². The van der Waals surface area contributed by atoms with Crippen LogP contribution in [0.1, 0.15) is 73.6 Å². The van der Waals surface area contributed by atoms with Gasteiger partial charge in [0.05, 0.1) is 0 Å². The zero-order valence-corrected chi connectivity index (χ0v) is 11.8. The molecule has 0 amide bonds. The molecule has 92 valence electrons. The predicted molar refractivity (Wildman–Crippen MR) is 71.1 cm³/mol. The smallest absolute Gasteiger partial charge is 0.0394 e. The summed E-state index contributed by atoms with van der Waals surface area (Å²) < 4.78 is 0. The Kier molecular flexibility index (Phi) is 8.19. The van der Waals surface area contributed by atoms with Crippen LogP contribution in [0.25, 0.3) is 0 Å². The Morgan fingerprint density at radius 3 is 1.80 bits per heavy atom. The van der Waals surface area contributed by atoms with Gasteiger partial charge in [-0.3, -0.25) is 0 Å². The molecule has 0 aliphatic rings. The Morgan fingerprint density at radius 1 is 0.800 bits per heavy atom. The first kappa shape index (κ1) is 15.0. The first-order valence-corrected chi connectivity index (χ1v) is 7.02. The highest BCUT2D eigenvalue weighted by molar-refractivity contribution is 4.67. The molecule has 0 saturated heterocycles. The van der Waals surface area contributed by atoms with Gasteiger partial charge in [0.15, 0.2) is 0 Å². The second kappa shape index (κ2) is 8.19. The molecule has 0 heteroatoms. The summed E-state index contributed by atoms with van der Waals surface area (Å²) in [5.41, 5.74) is 0. The molecular weight excluding hydrogens is 180 g/mol. The fourth-order valence-corrected chi connectivity index (χ4v) is 2.38. The first-order chi connectivity index (χ1) is 7.02. The second-order valence-corrected chi connectivity index (χ2v) is 5.72. The van der Waals surface area contributed by atoms with Crippen molar-refractivity contribution in [1.82, 2.24) is 0 Å². The molecule has 0 rings (SSSR count). The third-order valence-electron chi connectivity index (χ3n) is 4.25. The lowest BCUT2D eigenvalue weighted by molar-refractivity contribution is 0.258. The van der Waals surface area contributed by atoms with Crippen molar-refractivity contribution in [3.8, 4) is 0 Å². The summed E-state index contributed by atoms with van der Waals surface area (Å²) in [6.07, 6.45) is 7.03. The van der Waals surface area contributed by atoms with E-state index < -0.39 is 0 Å². The average molecular weight is 212 g/mol. The fourth-order valence-electron chi connectivity index (χ4n) is 2.38. The molecule has 0 saturated carbocycles. The Hall–Kier alpha value is 0. The largest absolute Gasteiger partial charge is 0.0654 e. The van der Waals surface area contributed by atoms with E-state index in [1.54, 1.807) is 0 Å². The van der Waals surface area contributed by atoms with Gasteiger partial charge >= 0.3 is 0 Å². The minimum absolute atomic E-state index is 0.839. The SMILES string of the molecule is CCCC(CC)CCC(C)C(C)C(C)C. The first-order valence-electron chi connectivity index (χ1n) is 7.02. The third kappa shape index (κ3) is 6.22. The Morgan fingerprint density at radius 2 is 1.40 bits per heavy atom. The fraction of sp³-hybridized carbons (Fsp3) is 1.00. The number of hydrogen-bond donors (Lipinski definition) is 0. The minimum atomic E-state index is 0.839. The van der Waals surface area contributed by atoms with Crippen LogP contribution in [-0.4, -0.2) is 0 Å². The van der Waals surface area contributed by atoms with Crippen molar-refractivity contribution in [3.63, 3.8) is 0 Å². The molecule has 0 N–H and O–H groups in total. The zero-order valence-electron chi connectivity index (χ0n) is 11.8. The molecule has 3 atom stereocenters. The highest BCUT2D eigenvalue weighted by atomic mass is 14.2. The van der Waals surface area contributed by atoms with Gasteiger partial charge in [-0.1, -0.05) is 73.6 Å². The molecule has 0 aliphatic heterocycles. The van der Waals surface area contributed by atoms with E-state index in [0.29, 0.717) is 0 Å². The second-order valence-electron chi connectivity index (χ2n) is 5.72. The highest BCUT2D eigenvalue weighted by Gasteiger charge is 2.16. The number of hydrogen-bond acceptors (Lipinski definition) is 0. The average Bonchev–Trinajstić information content (AvgIpc) is 2.22. The molecule has 0 aromatic heterocycles. The van der Waals surface area contributed by atoms with E-state index in [1.165, 1.54) is 32.1 Å². The van der Waals surface area contributed by atoms with Crippen molar-refractivity contribution in [2.24, 2.45) is 23.7 Å². The summed E-state index contributed by atoms with van der Waals surface area (Å²) in [6.45, 7) is 14.2. The maximum absolute atomic E-state index is 2.43. The zero-order chi connectivity index (χ0) is 11.8. The maximum atomic E-state index is 2.43. The van der Waals surface area contributed by atoms with Crippen molar-refractivity contribution in [1.29, 1.82) is 0 Å². The quantitative estimate of drug-likeness (QED) is 0.497. The molecule has 0 aliphatic carbocycles. The van der Waals surface area contributed by atoms with Crippen LogP contribution >= 0.6 is 0 Å². The van der Waals surface area contributed by atoms with Crippen LogP contribution in [0.2, 0.25) is 0 Å². The predicted octanol–water partition coefficient (Wildman–Crippen LogP) is 5.52. The molecule has 0 bridgehead atoms. The van der Waals surface area contributed by atoms with Gasteiger partial charge in [-0.2, -0.15) is 0 Å². The molecule has 0 aromatic carbocycles. The van der Waals surface area contributed by atoms with Gasteiger partial charge < -0.3 is 0 Å². The lowest BCUT2D eigenvalue weighted by Gasteiger charge is -2.25. The van der Waals surface area contributed by atoms with Crippen LogP contribution in [0.4, 0.5) is 0 Å². The molecule has 0 radical (unpaired) electrons. The molecule has 3 unspecified atom stereocenters. The van der Waals surface area contributed by atoms with Gasteiger partial charge in [-0.15, -0.1) is 0 Å². The monoisotopic (exact) mass is 212 g/mol. The maximum Gasteiger partial charge on any atom is -0.0394 e. The van der Waals surface area contributed by atoms with Crippen LogP contribution in [0.3, 0.4) is 0 Å². The van der Waals surface area contributed by atoms with Gasteiger partial charge in [0.25, 0.3) is 0 Å². The summed E-state index contributed by atoms with van der Waals surface area (Å²) in [6, 6.07) is 0. The molecule has 0 nitrogen and oxygen atoms in total. The molecule has 0 spiro atoms. The van der Waals surface area contributed by atoms with Crippen molar-refractivity contribution in [2.75, 3.05) is 0 Å². The van der Waals surface area contributed by atoms with Crippen LogP contribution in [0.15, 0.2) is 0 Å². The van der Waals surface area contributed by atoms with E-state index in [2.05, 4.69) is 41.5 Å².